The van der Waals surface area contributed by atoms with Crippen LogP contribution >= 0.6 is 0 Å². The zero-order valence-corrected chi connectivity index (χ0v) is 10.4. The van der Waals surface area contributed by atoms with E-state index in [1.807, 2.05) is 21.1 Å². The average Bonchev–Trinajstić information content (AvgIpc) is 2.78. The van der Waals surface area contributed by atoms with Crippen molar-refractivity contribution in [3.63, 3.8) is 0 Å². The second-order valence-electron chi connectivity index (χ2n) is 4.10. The van der Waals surface area contributed by atoms with E-state index in [9.17, 15) is 0 Å². The van der Waals surface area contributed by atoms with Gasteiger partial charge in [0.25, 0.3) is 0 Å². The second-order valence-corrected chi connectivity index (χ2v) is 4.10. The molecule has 0 amide bonds. The van der Waals surface area contributed by atoms with Gasteiger partial charge < -0.3 is 14.6 Å². The SMILES string of the molecule is CNCc1ncoc1-c1ccc(N(C)C)cc1. The first-order valence-electron chi connectivity index (χ1n) is 5.57. The second kappa shape index (κ2) is 5.01. The zero-order chi connectivity index (χ0) is 12.3. The minimum Gasteiger partial charge on any atom is -0.443 e. The van der Waals surface area contributed by atoms with Gasteiger partial charge in [0.2, 0.25) is 0 Å². The lowest BCUT2D eigenvalue weighted by Crippen LogP contribution is -2.08. The summed E-state index contributed by atoms with van der Waals surface area (Å²) in [6, 6.07) is 8.24. The molecule has 0 saturated carbocycles. The van der Waals surface area contributed by atoms with Gasteiger partial charge in [-0.3, -0.25) is 0 Å². The molecule has 0 aliphatic carbocycles. The standard InChI is InChI=1S/C13H17N3O/c1-14-8-12-13(17-9-15-12)10-4-6-11(7-5-10)16(2)3/h4-7,9,14H,8H2,1-3H3. The number of oxazole rings is 1. The first-order chi connectivity index (χ1) is 8.22. The molecular weight excluding hydrogens is 214 g/mol. The Labute approximate surface area is 101 Å². The number of aromatic nitrogens is 1. The molecule has 0 spiro atoms. The van der Waals surface area contributed by atoms with Gasteiger partial charge in [-0.15, -0.1) is 0 Å². The lowest BCUT2D eigenvalue weighted by molar-refractivity contribution is 0.570. The number of rotatable bonds is 4. The predicted octanol–water partition coefficient (Wildman–Crippen LogP) is 2.13. The number of hydrogen-bond donors (Lipinski definition) is 1. The molecule has 90 valence electrons. The highest BCUT2D eigenvalue weighted by Gasteiger charge is 2.09. The Morgan fingerprint density at radius 2 is 1.94 bits per heavy atom. The van der Waals surface area contributed by atoms with Gasteiger partial charge in [-0.05, 0) is 31.3 Å². The molecule has 0 saturated heterocycles. The Kier molecular flexibility index (Phi) is 3.44. The average molecular weight is 231 g/mol. The van der Waals surface area contributed by atoms with Gasteiger partial charge in [-0.1, -0.05) is 0 Å². The molecule has 0 atom stereocenters. The van der Waals surface area contributed by atoms with Gasteiger partial charge in [0, 0.05) is 31.9 Å². The number of nitrogens with zero attached hydrogens (tertiary/aromatic N) is 2. The van der Waals surface area contributed by atoms with E-state index < -0.39 is 0 Å². The molecule has 2 rings (SSSR count). The molecule has 0 aliphatic rings. The number of nitrogens with one attached hydrogen (secondary N) is 1. The minimum absolute atomic E-state index is 0.710. The van der Waals surface area contributed by atoms with Crippen molar-refractivity contribution in [2.75, 3.05) is 26.0 Å². The molecule has 0 unspecified atom stereocenters. The van der Waals surface area contributed by atoms with Gasteiger partial charge in [-0.25, -0.2) is 4.98 Å². The third kappa shape index (κ3) is 2.47. The van der Waals surface area contributed by atoms with Crippen LogP contribution in [0.4, 0.5) is 5.69 Å². The van der Waals surface area contributed by atoms with Crippen LogP contribution in [0, 0.1) is 0 Å². The molecule has 1 aromatic carbocycles. The summed E-state index contributed by atoms with van der Waals surface area (Å²) < 4.78 is 5.44. The van der Waals surface area contributed by atoms with Crippen molar-refractivity contribution in [3.8, 4) is 11.3 Å². The third-order valence-corrected chi connectivity index (χ3v) is 2.63. The van der Waals surface area contributed by atoms with Crippen molar-refractivity contribution in [2.45, 2.75) is 6.54 Å². The van der Waals surface area contributed by atoms with Crippen molar-refractivity contribution in [1.29, 1.82) is 0 Å². The minimum atomic E-state index is 0.710. The molecular formula is C13H17N3O. The zero-order valence-electron chi connectivity index (χ0n) is 10.4. The maximum Gasteiger partial charge on any atom is 0.181 e. The van der Waals surface area contributed by atoms with Crippen molar-refractivity contribution in [3.05, 3.63) is 36.4 Å². The molecule has 1 N–H and O–H groups in total. The molecule has 17 heavy (non-hydrogen) atoms. The highest BCUT2D eigenvalue weighted by molar-refractivity contribution is 5.63. The molecule has 2 aromatic rings. The summed E-state index contributed by atoms with van der Waals surface area (Å²) in [4.78, 5) is 6.27. The van der Waals surface area contributed by atoms with Gasteiger partial charge in [0.15, 0.2) is 12.2 Å². The quantitative estimate of drug-likeness (QED) is 0.875. The summed E-state index contributed by atoms with van der Waals surface area (Å²) >= 11 is 0. The summed E-state index contributed by atoms with van der Waals surface area (Å²) in [5.74, 6) is 0.838. The van der Waals surface area contributed by atoms with Crippen LogP contribution in [0.15, 0.2) is 35.1 Å². The maximum absolute atomic E-state index is 5.44. The predicted molar refractivity (Wildman–Crippen MR) is 69.0 cm³/mol. The first-order valence-corrected chi connectivity index (χ1v) is 5.57. The van der Waals surface area contributed by atoms with Crippen LogP contribution in [0.5, 0.6) is 0 Å². The Balaban J connectivity index is 2.30. The topological polar surface area (TPSA) is 41.3 Å². The van der Waals surface area contributed by atoms with E-state index in [-0.39, 0.29) is 0 Å². The largest absolute Gasteiger partial charge is 0.443 e. The van der Waals surface area contributed by atoms with Crippen LogP contribution in [0.2, 0.25) is 0 Å². The molecule has 0 aliphatic heterocycles. The van der Waals surface area contributed by atoms with Crippen LogP contribution in [0.25, 0.3) is 11.3 Å². The third-order valence-electron chi connectivity index (χ3n) is 2.63. The van der Waals surface area contributed by atoms with E-state index in [0.717, 1.165) is 17.0 Å². The van der Waals surface area contributed by atoms with Gasteiger partial charge in [-0.2, -0.15) is 0 Å². The normalized spacial score (nSPS) is 10.5. The van der Waals surface area contributed by atoms with Gasteiger partial charge in [0.05, 0.1) is 0 Å². The summed E-state index contributed by atoms with van der Waals surface area (Å²) in [6.45, 7) is 0.710. The van der Waals surface area contributed by atoms with Crippen LogP contribution < -0.4 is 10.2 Å². The highest BCUT2D eigenvalue weighted by atomic mass is 16.3. The Morgan fingerprint density at radius 1 is 1.24 bits per heavy atom. The van der Waals surface area contributed by atoms with E-state index >= 15 is 0 Å². The molecule has 4 heteroatoms. The fourth-order valence-corrected chi connectivity index (χ4v) is 1.71. The molecule has 0 fully saturated rings. The van der Waals surface area contributed by atoms with E-state index in [1.54, 1.807) is 0 Å². The van der Waals surface area contributed by atoms with Crippen LogP contribution in [-0.4, -0.2) is 26.1 Å². The number of anilines is 1. The summed E-state index contributed by atoms with van der Waals surface area (Å²) in [5, 5.41) is 3.08. The lowest BCUT2D eigenvalue weighted by Gasteiger charge is -2.12. The molecule has 1 heterocycles. The highest BCUT2D eigenvalue weighted by Crippen LogP contribution is 2.25. The van der Waals surface area contributed by atoms with E-state index in [4.69, 9.17) is 4.42 Å². The number of benzene rings is 1. The maximum atomic E-state index is 5.44. The van der Waals surface area contributed by atoms with Crippen LogP contribution in [0.3, 0.4) is 0 Å². The van der Waals surface area contributed by atoms with Crippen molar-refractivity contribution >= 4 is 5.69 Å². The monoisotopic (exact) mass is 231 g/mol. The van der Waals surface area contributed by atoms with E-state index in [0.29, 0.717) is 6.54 Å². The molecule has 0 radical (unpaired) electrons. The van der Waals surface area contributed by atoms with Crippen molar-refractivity contribution in [2.24, 2.45) is 0 Å². The van der Waals surface area contributed by atoms with Crippen molar-refractivity contribution < 1.29 is 4.42 Å². The fraction of sp³-hybridized carbons (Fsp3) is 0.308. The first kappa shape index (κ1) is 11.7. The van der Waals surface area contributed by atoms with Crippen LogP contribution in [-0.2, 0) is 6.54 Å². The van der Waals surface area contributed by atoms with E-state index in [2.05, 4.69) is 39.5 Å². The van der Waals surface area contributed by atoms with Crippen LogP contribution in [0.1, 0.15) is 5.69 Å². The summed E-state index contributed by atoms with van der Waals surface area (Å²) in [5.41, 5.74) is 3.16. The Hall–Kier alpha value is -1.81. The smallest absolute Gasteiger partial charge is 0.181 e. The van der Waals surface area contributed by atoms with Gasteiger partial charge in [0.1, 0.15) is 5.69 Å². The number of hydrogen-bond acceptors (Lipinski definition) is 4. The Bertz CT molecular complexity index is 474. The van der Waals surface area contributed by atoms with E-state index in [1.165, 1.54) is 12.1 Å². The molecule has 1 aromatic heterocycles. The summed E-state index contributed by atoms with van der Waals surface area (Å²) in [6.07, 6.45) is 1.49. The van der Waals surface area contributed by atoms with Gasteiger partial charge >= 0.3 is 0 Å². The lowest BCUT2D eigenvalue weighted by atomic mass is 10.1. The molecule has 4 nitrogen and oxygen atoms in total. The summed E-state index contributed by atoms with van der Waals surface area (Å²) in [7, 11) is 5.94. The van der Waals surface area contributed by atoms with Crippen molar-refractivity contribution in [1.82, 2.24) is 10.3 Å². The Morgan fingerprint density at radius 3 is 2.53 bits per heavy atom. The fourth-order valence-electron chi connectivity index (χ4n) is 1.71. The molecule has 0 bridgehead atoms.